The van der Waals surface area contributed by atoms with E-state index in [1.54, 1.807) is 6.20 Å². The first kappa shape index (κ1) is 25.6. The summed E-state index contributed by atoms with van der Waals surface area (Å²) in [6, 6.07) is 31.6. The average Bonchev–Trinajstić information content (AvgIpc) is 3.50. The number of pyridine rings is 1. The summed E-state index contributed by atoms with van der Waals surface area (Å²) in [5.74, 6) is -0.673. The van der Waals surface area contributed by atoms with Gasteiger partial charge in [-0.2, -0.15) is 0 Å². The normalized spacial score (nSPS) is 18.6. The fraction of sp³-hybridized carbons (Fsp3) is 0.308. The van der Waals surface area contributed by atoms with Crippen LogP contribution in [-0.4, -0.2) is 15.0 Å². The molecule has 1 radical (unpaired) electrons. The number of hydrogen-bond acceptors (Lipinski definition) is 4. The Bertz CT molecular complexity index is 1940. The van der Waals surface area contributed by atoms with E-state index in [0.29, 0.717) is 40.9 Å². The molecule has 3 heterocycles. The van der Waals surface area contributed by atoms with Gasteiger partial charge in [0, 0.05) is 55.0 Å². The molecule has 2 saturated carbocycles. The van der Waals surface area contributed by atoms with Crippen LogP contribution in [0.5, 0.6) is 0 Å². The van der Waals surface area contributed by atoms with Gasteiger partial charge in [-0.25, -0.2) is 0 Å². The number of fused-ring (bicyclic) bond motifs is 3. The van der Waals surface area contributed by atoms with E-state index in [1.165, 1.54) is 38.3 Å². The minimum atomic E-state index is -2.38. The van der Waals surface area contributed by atoms with Crippen molar-refractivity contribution in [2.24, 2.45) is 5.41 Å². The van der Waals surface area contributed by atoms with Crippen LogP contribution >= 0.6 is 0 Å². The molecule has 2 aliphatic rings. The summed E-state index contributed by atoms with van der Waals surface area (Å²) in [7, 11) is 0. The Kier molecular flexibility index (Phi) is 7.89. The number of rotatable bonds is 3. The third-order valence-electron chi connectivity index (χ3n) is 9.16. The van der Waals surface area contributed by atoms with E-state index >= 15 is 0 Å². The molecule has 0 amide bonds. The van der Waals surface area contributed by atoms with Crippen LogP contribution in [0.2, 0.25) is 0 Å². The van der Waals surface area contributed by atoms with Crippen LogP contribution in [0.4, 0.5) is 0 Å². The van der Waals surface area contributed by atoms with Crippen LogP contribution < -0.4 is 0 Å². The van der Waals surface area contributed by atoms with Crippen molar-refractivity contribution in [2.75, 3.05) is 0 Å². The van der Waals surface area contributed by atoms with E-state index in [1.807, 2.05) is 78.9 Å². The Morgan fingerprint density at radius 1 is 0.841 bits per heavy atom. The molecule has 0 aliphatic heterocycles. The molecule has 44 heavy (non-hydrogen) atoms. The summed E-state index contributed by atoms with van der Waals surface area (Å²) in [6.07, 6.45) is 12.7. The van der Waals surface area contributed by atoms with Crippen molar-refractivity contribution >= 4 is 21.9 Å². The predicted octanol–water partition coefficient (Wildman–Crippen LogP) is 10.3. The Labute approximate surface area is 279 Å². The minimum absolute atomic E-state index is 0. The van der Waals surface area contributed by atoms with Gasteiger partial charge in [-0.15, -0.1) is 54.1 Å². The summed E-state index contributed by atoms with van der Waals surface area (Å²) >= 11 is 0. The predicted molar refractivity (Wildman–Crippen MR) is 174 cm³/mol. The molecule has 2 aliphatic carbocycles. The van der Waals surface area contributed by atoms with Gasteiger partial charge in [0.1, 0.15) is 5.58 Å². The zero-order valence-corrected chi connectivity index (χ0v) is 27.0. The van der Waals surface area contributed by atoms with Crippen LogP contribution in [0.1, 0.15) is 80.4 Å². The molecule has 225 valence electrons. The second-order valence-electron chi connectivity index (χ2n) is 11.8. The van der Waals surface area contributed by atoms with Gasteiger partial charge in [-0.3, -0.25) is 9.97 Å². The molecule has 4 nitrogen and oxygen atoms in total. The maximum absolute atomic E-state index is 9.42. The minimum Gasteiger partial charge on any atom is -0.501 e. The van der Waals surface area contributed by atoms with Crippen molar-refractivity contribution in [1.82, 2.24) is 15.0 Å². The third kappa shape index (κ3) is 6.27. The quantitative estimate of drug-likeness (QED) is 0.169. The molecule has 8 rings (SSSR count). The van der Waals surface area contributed by atoms with Crippen LogP contribution in [0, 0.1) is 24.4 Å². The van der Waals surface area contributed by atoms with Gasteiger partial charge in [0.2, 0.25) is 0 Å². The van der Waals surface area contributed by atoms with E-state index in [2.05, 4.69) is 22.1 Å². The first-order valence-electron chi connectivity index (χ1n) is 17.3. The maximum Gasteiger partial charge on any atom is 0.120 e. The first-order chi connectivity index (χ1) is 22.7. The van der Waals surface area contributed by atoms with Crippen LogP contribution in [0.3, 0.4) is 0 Å². The van der Waals surface area contributed by atoms with Gasteiger partial charge in [0.25, 0.3) is 0 Å². The second kappa shape index (κ2) is 13.5. The third-order valence-corrected chi connectivity index (χ3v) is 9.16. The maximum atomic E-state index is 9.42. The SMILES string of the molecule is [2H]C([2H])([2H])c1cnc(-c2[c-]ccc3c2oc2ccccc23)nc1C1([2H])CCC2(CCCCC2)CC1.[Ir].[c-]1ccccc1-c1ccccn1. The van der Waals surface area contributed by atoms with Crippen LogP contribution in [-0.2, 0) is 20.1 Å². The smallest absolute Gasteiger partial charge is 0.120 e. The number of hydrogen-bond donors (Lipinski definition) is 0. The number of aromatic nitrogens is 3. The summed E-state index contributed by atoms with van der Waals surface area (Å²) in [6.45, 7) is -2.38. The van der Waals surface area contributed by atoms with E-state index in [9.17, 15) is 1.37 Å². The number of para-hydroxylation sites is 1. The van der Waals surface area contributed by atoms with Gasteiger partial charge >= 0.3 is 0 Å². The fourth-order valence-electron chi connectivity index (χ4n) is 6.82. The number of benzene rings is 3. The molecule has 0 saturated heterocycles. The molecule has 6 aromatic rings. The summed E-state index contributed by atoms with van der Waals surface area (Å²) < 4.78 is 40.0. The molecule has 3 aromatic carbocycles. The molecule has 2 fully saturated rings. The number of furan rings is 1. The van der Waals surface area contributed by atoms with Crippen molar-refractivity contribution in [3.05, 3.63) is 115 Å². The molecular formula is C39H37IrN3O-2. The number of aryl methyl sites for hydroxylation is 1. The Hall–Kier alpha value is -3.66. The van der Waals surface area contributed by atoms with E-state index in [4.69, 9.17) is 13.5 Å². The van der Waals surface area contributed by atoms with E-state index < -0.39 is 12.7 Å². The van der Waals surface area contributed by atoms with Crippen molar-refractivity contribution in [2.45, 2.75) is 70.5 Å². The standard InChI is InChI=1S/C28H29N2O.C11H8N.Ir/c1-19-18-29-27(23-10-7-9-22-21-8-3-4-11-24(21)31-26(22)23)30-25(19)20-12-16-28(17-13-20)14-5-2-6-15-28;1-2-6-10(7-3-1)11-8-4-5-9-12-11;/h3-4,7-9,11,18,20H,2,5-6,12-17H2,1H3;1-6,8-9H;/q2*-1;/i1D3,20D;;. The van der Waals surface area contributed by atoms with Crippen molar-refractivity contribution in [3.63, 3.8) is 0 Å². The first-order valence-corrected chi connectivity index (χ1v) is 15.3. The van der Waals surface area contributed by atoms with Gasteiger partial charge in [0.15, 0.2) is 0 Å². The molecule has 0 atom stereocenters. The molecule has 0 bridgehead atoms. The second-order valence-corrected chi connectivity index (χ2v) is 11.8. The summed E-state index contributed by atoms with van der Waals surface area (Å²) in [5.41, 5.74) is 4.76. The van der Waals surface area contributed by atoms with Gasteiger partial charge in [0.05, 0.1) is 11.4 Å². The molecule has 1 spiro atoms. The fourth-order valence-corrected chi connectivity index (χ4v) is 6.82. The zero-order chi connectivity index (χ0) is 32.5. The summed E-state index contributed by atoms with van der Waals surface area (Å²) in [4.78, 5) is 13.5. The zero-order valence-electron chi connectivity index (χ0n) is 28.6. The molecule has 3 aromatic heterocycles. The average molecular weight is 760 g/mol. The van der Waals surface area contributed by atoms with Gasteiger partial charge in [-0.05, 0) is 74.2 Å². The Morgan fingerprint density at radius 2 is 1.66 bits per heavy atom. The van der Waals surface area contributed by atoms with Gasteiger partial charge in [-0.1, -0.05) is 60.5 Å². The van der Waals surface area contributed by atoms with Crippen molar-refractivity contribution < 1.29 is 30.0 Å². The largest absolute Gasteiger partial charge is 0.501 e. The Balaban J connectivity index is 0.000000260. The van der Waals surface area contributed by atoms with E-state index in [-0.39, 0.29) is 25.7 Å². The molecule has 0 N–H and O–H groups in total. The molecule has 0 unspecified atom stereocenters. The van der Waals surface area contributed by atoms with Crippen LogP contribution in [0.15, 0.2) is 95.7 Å². The monoisotopic (exact) mass is 760 g/mol. The van der Waals surface area contributed by atoms with Crippen molar-refractivity contribution in [1.29, 1.82) is 0 Å². The Morgan fingerprint density at radius 3 is 2.43 bits per heavy atom. The topological polar surface area (TPSA) is 51.8 Å². The molecule has 5 heteroatoms. The van der Waals surface area contributed by atoms with Gasteiger partial charge < -0.3 is 9.40 Å². The summed E-state index contributed by atoms with van der Waals surface area (Å²) in [5, 5.41) is 1.94. The van der Waals surface area contributed by atoms with E-state index in [0.717, 1.165) is 40.5 Å². The molecular weight excluding hydrogens is 719 g/mol. The van der Waals surface area contributed by atoms with Crippen molar-refractivity contribution in [3.8, 4) is 22.6 Å². The number of nitrogens with zero attached hydrogens (tertiary/aromatic N) is 3. The van der Waals surface area contributed by atoms with Crippen LogP contribution in [0.25, 0.3) is 44.6 Å².